The summed E-state index contributed by atoms with van der Waals surface area (Å²) in [7, 11) is 0. The van der Waals surface area contributed by atoms with E-state index < -0.39 is 6.10 Å². The zero-order chi connectivity index (χ0) is 21.0. The van der Waals surface area contributed by atoms with Crippen LogP contribution in [0.1, 0.15) is 62.6 Å². The third kappa shape index (κ3) is 5.80. The molecule has 1 aromatic heterocycles. The Morgan fingerprint density at radius 3 is 2.66 bits per heavy atom. The number of aromatic nitrogens is 1. The lowest BCUT2D eigenvalue weighted by Gasteiger charge is -2.29. The van der Waals surface area contributed by atoms with Crippen molar-refractivity contribution in [3.8, 4) is 5.75 Å². The molecular formula is C23H33N3O2S. The van der Waals surface area contributed by atoms with Crippen LogP contribution in [0.15, 0.2) is 24.3 Å². The number of anilines is 1. The number of carbonyl (C=O) groups is 1. The molecule has 3 rings (SSSR count). The average Bonchev–Trinajstić information content (AvgIpc) is 3.02. The highest BCUT2D eigenvalue weighted by molar-refractivity contribution is 7.15. The van der Waals surface area contributed by atoms with Crippen LogP contribution in [0.4, 0.5) is 5.13 Å². The number of para-hydroxylation sites is 1. The molecular weight excluding hydrogens is 382 g/mol. The summed E-state index contributed by atoms with van der Waals surface area (Å²) in [6.45, 7) is 13.6. The van der Waals surface area contributed by atoms with E-state index in [4.69, 9.17) is 4.74 Å². The molecule has 0 saturated carbocycles. The SMILES string of the molecule is Cc1nc(NC(=O)C(C)Oc2ccccc2C(C)C)sc1CN1CCC(C)CC1. The lowest BCUT2D eigenvalue weighted by atomic mass is 9.99. The van der Waals surface area contributed by atoms with E-state index in [0.717, 1.165) is 42.6 Å². The Bertz CT molecular complexity index is 825. The summed E-state index contributed by atoms with van der Waals surface area (Å²) in [5.74, 6) is 1.76. The van der Waals surface area contributed by atoms with Crippen molar-refractivity contribution in [1.29, 1.82) is 0 Å². The molecule has 1 N–H and O–H groups in total. The molecule has 1 amide bonds. The van der Waals surface area contributed by atoms with Gasteiger partial charge in [0.05, 0.1) is 5.69 Å². The average molecular weight is 416 g/mol. The van der Waals surface area contributed by atoms with Gasteiger partial charge in [-0.1, -0.05) is 39.0 Å². The molecule has 5 nitrogen and oxygen atoms in total. The topological polar surface area (TPSA) is 54.5 Å². The Hall–Kier alpha value is -1.92. The maximum Gasteiger partial charge on any atom is 0.266 e. The van der Waals surface area contributed by atoms with Crippen molar-refractivity contribution in [3.05, 3.63) is 40.4 Å². The molecule has 2 heterocycles. The number of nitrogens with zero attached hydrogens (tertiary/aromatic N) is 2. The summed E-state index contributed by atoms with van der Waals surface area (Å²) in [4.78, 5) is 21.0. The summed E-state index contributed by atoms with van der Waals surface area (Å²) in [6.07, 6.45) is 1.92. The lowest BCUT2D eigenvalue weighted by molar-refractivity contribution is -0.122. The van der Waals surface area contributed by atoms with E-state index in [1.54, 1.807) is 18.3 Å². The van der Waals surface area contributed by atoms with Gasteiger partial charge in [-0.25, -0.2) is 4.98 Å². The van der Waals surface area contributed by atoms with Crippen molar-refractivity contribution in [2.75, 3.05) is 18.4 Å². The number of benzene rings is 1. The van der Waals surface area contributed by atoms with Gasteiger partial charge in [0.25, 0.3) is 5.91 Å². The Morgan fingerprint density at radius 2 is 1.97 bits per heavy atom. The first-order valence-electron chi connectivity index (χ1n) is 10.6. The van der Waals surface area contributed by atoms with Crippen molar-refractivity contribution < 1.29 is 9.53 Å². The monoisotopic (exact) mass is 415 g/mol. The molecule has 1 aliphatic rings. The molecule has 0 bridgehead atoms. The van der Waals surface area contributed by atoms with Crippen molar-refractivity contribution >= 4 is 22.4 Å². The van der Waals surface area contributed by atoms with Crippen molar-refractivity contribution in [2.24, 2.45) is 5.92 Å². The predicted octanol–water partition coefficient (Wildman–Crippen LogP) is 5.21. The normalized spacial score (nSPS) is 16.8. The minimum atomic E-state index is -0.592. The number of carbonyl (C=O) groups excluding carboxylic acids is 1. The van der Waals surface area contributed by atoms with Crippen LogP contribution in [0.25, 0.3) is 0 Å². The van der Waals surface area contributed by atoms with Gasteiger partial charge in [0.15, 0.2) is 11.2 Å². The van der Waals surface area contributed by atoms with Crippen LogP contribution in [0.3, 0.4) is 0 Å². The number of thiazole rings is 1. The fourth-order valence-corrected chi connectivity index (χ4v) is 4.58. The highest BCUT2D eigenvalue weighted by atomic mass is 32.1. The highest BCUT2D eigenvalue weighted by Gasteiger charge is 2.21. The molecule has 0 radical (unpaired) electrons. The fourth-order valence-electron chi connectivity index (χ4n) is 3.57. The van der Waals surface area contributed by atoms with Gasteiger partial charge in [0.1, 0.15) is 5.75 Å². The van der Waals surface area contributed by atoms with Crippen molar-refractivity contribution in [2.45, 2.75) is 66.0 Å². The molecule has 158 valence electrons. The molecule has 1 aliphatic heterocycles. The van der Waals surface area contributed by atoms with Crippen LogP contribution in [-0.4, -0.2) is 35.0 Å². The number of ether oxygens (including phenoxy) is 1. The van der Waals surface area contributed by atoms with E-state index in [2.05, 4.69) is 36.0 Å². The molecule has 1 saturated heterocycles. The number of hydrogen-bond donors (Lipinski definition) is 1. The molecule has 1 aromatic carbocycles. The molecule has 1 atom stereocenters. The van der Waals surface area contributed by atoms with Gasteiger partial charge >= 0.3 is 0 Å². The lowest BCUT2D eigenvalue weighted by Crippen LogP contribution is -2.32. The third-order valence-corrected chi connectivity index (χ3v) is 6.64. The molecule has 1 fully saturated rings. The second-order valence-corrected chi connectivity index (χ2v) is 9.51. The molecule has 6 heteroatoms. The second kappa shape index (κ2) is 9.72. The first-order chi connectivity index (χ1) is 13.8. The first-order valence-corrected chi connectivity index (χ1v) is 11.4. The third-order valence-electron chi connectivity index (χ3n) is 5.58. The summed E-state index contributed by atoms with van der Waals surface area (Å²) in [6, 6.07) is 7.89. The zero-order valence-corrected chi connectivity index (χ0v) is 19.0. The maximum absolute atomic E-state index is 12.7. The molecule has 0 spiro atoms. The minimum Gasteiger partial charge on any atom is -0.481 e. The van der Waals surface area contributed by atoms with Crippen LogP contribution >= 0.6 is 11.3 Å². The Balaban J connectivity index is 1.59. The molecule has 2 aromatic rings. The summed E-state index contributed by atoms with van der Waals surface area (Å²) in [5.41, 5.74) is 2.11. The number of amides is 1. The first kappa shape index (κ1) is 21.8. The maximum atomic E-state index is 12.7. The Kier molecular flexibility index (Phi) is 7.30. The van der Waals surface area contributed by atoms with Crippen LogP contribution in [0.2, 0.25) is 0 Å². The zero-order valence-electron chi connectivity index (χ0n) is 18.2. The van der Waals surface area contributed by atoms with E-state index in [0.29, 0.717) is 11.0 Å². The standard InChI is InChI=1S/C23H33N3O2S/c1-15(2)19-8-6-7-9-20(19)28-18(5)22(27)25-23-24-17(4)21(29-23)14-26-12-10-16(3)11-13-26/h6-9,15-16,18H,10-14H2,1-5H3,(H,24,25,27). The smallest absolute Gasteiger partial charge is 0.266 e. The predicted molar refractivity (Wildman–Crippen MR) is 120 cm³/mol. The molecule has 29 heavy (non-hydrogen) atoms. The summed E-state index contributed by atoms with van der Waals surface area (Å²) < 4.78 is 5.97. The fraction of sp³-hybridized carbons (Fsp3) is 0.565. The number of piperidine rings is 1. The second-order valence-electron chi connectivity index (χ2n) is 8.43. The number of hydrogen-bond acceptors (Lipinski definition) is 5. The van der Waals surface area contributed by atoms with Gasteiger partial charge in [-0.15, -0.1) is 11.3 Å². The van der Waals surface area contributed by atoms with Crippen molar-refractivity contribution in [3.63, 3.8) is 0 Å². The van der Waals surface area contributed by atoms with E-state index in [1.165, 1.54) is 17.7 Å². The quantitative estimate of drug-likeness (QED) is 0.674. The van der Waals surface area contributed by atoms with E-state index in [9.17, 15) is 4.79 Å². The van der Waals surface area contributed by atoms with Gasteiger partial charge in [0, 0.05) is 11.4 Å². The highest BCUT2D eigenvalue weighted by Crippen LogP contribution is 2.28. The summed E-state index contributed by atoms with van der Waals surface area (Å²) in [5, 5.41) is 3.59. The van der Waals surface area contributed by atoms with Gasteiger partial charge < -0.3 is 4.74 Å². The Morgan fingerprint density at radius 1 is 1.28 bits per heavy atom. The summed E-state index contributed by atoms with van der Waals surface area (Å²) >= 11 is 1.57. The van der Waals surface area contributed by atoms with E-state index in [-0.39, 0.29) is 5.91 Å². The van der Waals surface area contributed by atoms with Crippen LogP contribution in [0.5, 0.6) is 5.75 Å². The largest absolute Gasteiger partial charge is 0.481 e. The number of aryl methyl sites for hydroxylation is 1. The number of nitrogens with one attached hydrogen (secondary N) is 1. The van der Waals surface area contributed by atoms with Gasteiger partial charge in [-0.3, -0.25) is 15.0 Å². The number of likely N-dealkylation sites (tertiary alicyclic amines) is 1. The van der Waals surface area contributed by atoms with Gasteiger partial charge in [-0.05, 0) is 63.2 Å². The van der Waals surface area contributed by atoms with E-state index >= 15 is 0 Å². The van der Waals surface area contributed by atoms with Crippen LogP contribution in [0, 0.1) is 12.8 Å². The Labute approximate surface area is 178 Å². The minimum absolute atomic E-state index is 0.171. The van der Waals surface area contributed by atoms with E-state index in [1.807, 2.05) is 31.2 Å². The number of rotatable bonds is 7. The van der Waals surface area contributed by atoms with Crippen LogP contribution < -0.4 is 10.1 Å². The molecule has 0 aliphatic carbocycles. The van der Waals surface area contributed by atoms with Gasteiger partial charge in [-0.2, -0.15) is 0 Å². The van der Waals surface area contributed by atoms with Gasteiger partial charge in [0.2, 0.25) is 0 Å². The van der Waals surface area contributed by atoms with Crippen molar-refractivity contribution in [1.82, 2.24) is 9.88 Å². The molecule has 1 unspecified atom stereocenters. The van der Waals surface area contributed by atoms with Crippen LogP contribution in [-0.2, 0) is 11.3 Å².